The molecule has 1 aromatic heterocycles. The molecule has 1 aromatic rings. The number of phosphoric ester groups is 1. The molecule has 6 atom stereocenters. The Labute approximate surface area is 208 Å². The molecular weight excluding hydrogens is 571 g/mol. The first-order chi connectivity index (χ1) is 16.4. The number of phosphoric acid groups is 3. The fourth-order valence-corrected chi connectivity index (χ4v) is 6.21. The molecule has 21 heteroatoms. The first kappa shape index (κ1) is 31.3. The van der Waals surface area contributed by atoms with Gasteiger partial charge in [-0.1, -0.05) is 5.57 Å². The maximum Gasteiger partial charge on any atom is 0.490 e. The minimum Gasteiger partial charge on any atom is -0.387 e. The number of nitrogens with one attached hydrogen (secondary N) is 2. The van der Waals surface area contributed by atoms with Crippen LogP contribution in [0.15, 0.2) is 23.1 Å². The number of hydrogen-bond acceptors (Lipinski definition) is 12. The lowest BCUT2D eigenvalue weighted by Crippen LogP contribution is -2.34. The van der Waals surface area contributed by atoms with E-state index in [9.17, 15) is 38.5 Å². The van der Waals surface area contributed by atoms with Gasteiger partial charge >= 0.3 is 23.5 Å². The van der Waals surface area contributed by atoms with E-state index >= 15 is 0 Å². The van der Waals surface area contributed by atoms with Crippen LogP contribution in [0.25, 0.3) is 0 Å². The van der Waals surface area contributed by atoms with Crippen LogP contribution < -0.4 is 10.9 Å². The Hall–Kier alpha value is -0.910. The third kappa shape index (κ3) is 9.44. The van der Waals surface area contributed by atoms with Crippen LogP contribution in [0, 0.1) is 4.77 Å². The van der Waals surface area contributed by atoms with Gasteiger partial charge in [-0.25, -0.2) is 13.7 Å². The van der Waals surface area contributed by atoms with Gasteiger partial charge in [0.25, 0.3) is 5.56 Å². The van der Waals surface area contributed by atoms with Crippen molar-refractivity contribution in [1.82, 2.24) is 14.9 Å². The fraction of sp³-hybridized carbons (Fsp3) is 0.600. The number of H-pyrrole nitrogens is 1. The Balaban J connectivity index is 2.10. The number of hydrogen-bond donors (Lipinski definition) is 8. The smallest absolute Gasteiger partial charge is 0.387 e. The summed E-state index contributed by atoms with van der Waals surface area (Å²) in [5.41, 5.74) is 0.648. The maximum absolute atomic E-state index is 12.2. The number of aliphatic hydroxyl groups excluding tert-OH is 2. The van der Waals surface area contributed by atoms with Crippen molar-refractivity contribution in [3.05, 3.63) is 39.0 Å². The van der Waals surface area contributed by atoms with Gasteiger partial charge in [0, 0.05) is 18.3 Å². The zero-order valence-electron chi connectivity index (χ0n) is 18.6. The molecule has 36 heavy (non-hydrogen) atoms. The Morgan fingerprint density at radius 2 is 1.83 bits per heavy atom. The van der Waals surface area contributed by atoms with E-state index in [4.69, 9.17) is 26.7 Å². The molecule has 2 heterocycles. The third-order valence-corrected chi connectivity index (χ3v) is 8.63. The lowest BCUT2D eigenvalue weighted by molar-refractivity contribution is -0.0534. The van der Waals surface area contributed by atoms with E-state index in [1.54, 1.807) is 0 Å². The van der Waals surface area contributed by atoms with E-state index in [1.807, 2.05) is 6.92 Å². The van der Waals surface area contributed by atoms with Crippen molar-refractivity contribution in [1.29, 1.82) is 0 Å². The average molecular weight is 597 g/mol. The van der Waals surface area contributed by atoms with Crippen LogP contribution in [0.3, 0.4) is 0 Å². The summed E-state index contributed by atoms with van der Waals surface area (Å²) >= 11 is 5.09. The fourth-order valence-electron chi connectivity index (χ4n) is 2.93. The first-order valence-electron chi connectivity index (χ1n) is 9.90. The molecule has 1 aliphatic rings. The molecule has 1 aliphatic heterocycles. The maximum atomic E-state index is 12.2. The quantitative estimate of drug-likeness (QED) is 0.0640. The molecule has 0 aliphatic carbocycles. The van der Waals surface area contributed by atoms with Crippen molar-refractivity contribution in [3.8, 4) is 0 Å². The molecule has 0 aromatic carbocycles. The molecule has 0 spiro atoms. The number of ether oxygens (including phenoxy) is 1. The lowest BCUT2D eigenvalue weighted by Gasteiger charge is -2.20. The number of nitrogens with zero attached hydrogens (tertiary/aromatic N) is 1. The topological polar surface area (TPSA) is 259 Å². The van der Waals surface area contributed by atoms with Gasteiger partial charge in [0.05, 0.1) is 6.61 Å². The van der Waals surface area contributed by atoms with E-state index in [0.29, 0.717) is 13.0 Å². The summed E-state index contributed by atoms with van der Waals surface area (Å²) in [6.07, 6.45) is -4.32. The van der Waals surface area contributed by atoms with Crippen molar-refractivity contribution in [3.63, 3.8) is 0 Å². The summed E-state index contributed by atoms with van der Waals surface area (Å²) in [6.45, 7) is 5.28. The largest absolute Gasteiger partial charge is 0.490 e. The summed E-state index contributed by atoms with van der Waals surface area (Å²) in [5.74, 6) is 0. The zero-order valence-corrected chi connectivity index (χ0v) is 22.1. The van der Waals surface area contributed by atoms with Crippen LogP contribution in [0.1, 0.15) is 25.1 Å². The second kappa shape index (κ2) is 12.3. The molecule has 1 saturated heterocycles. The first-order valence-corrected chi connectivity index (χ1v) is 14.8. The van der Waals surface area contributed by atoms with Gasteiger partial charge in [0.1, 0.15) is 18.3 Å². The highest BCUT2D eigenvalue weighted by atomic mass is 32.1. The van der Waals surface area contributed by atoms with E-state index in [-0.39, 0.29) is 16.9 Å². The average Bonchev–Trinajstić information content (AvgIpc) is 2.96. The van der Waals surface area contributed by atoms with Crippen molar-refractivity contribution in [2.75, 3.05) is 13.2 Å². The third-order valence-electron chi connectivity index (χ3n) is 4.51. The molecule has 0 saturated carbocycles. The van der Waals surface area contributed by atoms with Gasteiger partial charge in [-0.3, -0.25) is 18.9 Å². The second-order valence-electron chi connectivity index (χ2n) is 7.64. The summed E-state index contributed by atoms with van der Waals surface area (Å²) < 4.78 is 52.0. The predicted molar refractivity (Wildman–Crippen MR) is 123 cm³/mol. The van der Waals surface area contributed by atoms with E-state index in [1.165, 1.54) is 6.20 Å². The summed E-state index contributed by atoms with van der Waals surface area (Å²) in [6, 6.07) is 0. The SMILES string of the molecule is C=C(C)CCNCc1cn([C@@H]2O[C@H](COP(=O)(O)OP(=O)(O)OP(=O)(O)O)[C@@H](O)[C@H]2O)c(=S)[nH]c1=O. The normalized spacial score (nSPS) is 25.9. The Kier molecular flexibility index (Phi) is 10.7. The number of rotatable bonds is 13. The van der Waals surface area contributed by atoms with Crippen LogP contribution in [0.2, 0.25) is 0 Å². The van der Waals surface area contributed by atoms with E-state index < -0.39 is 60.2 Å². The predicted octanol–water partition coefficient (Wildman–Crippen LogP) is -0.0758. The highest BCUT2D eigenvalue weighted by Gasteiger charge is 2.46. The van der Waals surface area contributed by atoms with Crippen molar-refractivity contribution in [2.45, 2.75) is 44.4 Å². The molecule has 1 fully saturated rings. The molecule has 0 radical (unpaired) electrons. The minimum absolute atomic E-state index is 0.124. The number of aromatic nitrogens is 2. The number of aromatic amines is 1. The van der Waals surface area contributed by atoms with E-state index in [0.717, 1.165) is 10.1 Å². The van der Waals surface area contributed by atoms with Crippen LogP contribution in [0.4, 0.5) is 0 Å². The molecule has 0 bridgehead atoms. The van der Waals surface area contributed by atoms with Crippen LogP contribution in [0.5, 0.6) is 0 Å². The Morgan fingerprint density at radius 3 is 2.42 bits per heavy atom. The lowest BCUT2D eigenvalue weighted by atomic mass is 10.1. The molecule has 2 rings (SSSR count). The van der Waals surface area contributed by atoms with E-state index in [2.05, 4.69) is 30.0 Å². The van der Waals surface area contributed by atoms with Crippen molar-refractivity contribution < 1.29 is 61.4 Å². The van der Waals surface area contributed by atoms with Gasteiger partial charge in [0.2, 0.25) is 0 Å². The molecule has 17 nitrogen and oxygen atoms in total. The zero-order chi connectivity index (χ0) is 27.5. The van der Waals surface area contributed by atoms with Crippen LogP contribution in [-0.4, -0.2) is 70.8 Å². The minimum atomic E-state index is -5.73. The van der Waals surface area contributed by atoms with Gasteiger partial charge in [-0.15, -0.1) is 6.58 Å². The Morgan fingerprint density at radius 1 is 1.19 bits per heavy atom. The van der Waals surface area contributed by atoms with Gasteiger partial charge in [-0.05, 0) is 32.1 Å². The molecule has 0 amide bonds. The summed E-state index contributed by atoms with van der Waals surface area (Å²) in [7, 11) is -16.8. The van der Waals surface area contributed by atoms with Gasteiger partial charge < -0.3 is 39.8 Å². The van der Waals surface area contributed by atoms with Crippen LogP contribution >= 0.6 is 35.7 Å². The molecule has 206 valence electrons. The highest BCUT2D eigenvalue weighted by molar-refractivity contribution is 7.71. The molecule has 8 N–H and O–H groups in total. The Bertz CT molecular complexity index is 1210. The molecule has 2 unspecified atom stereocenters. The van der Waals surface area contributed by atoms with Gasteiger partial charge in [-0.2, -0.15) is 8.62 Å². The van der Waals surface area contributed by atoms with Crippen molar-refractivity contribution >= 4 is 35.7 Å². The molecular formula is C15H26N3O14P3S. The number of aliphatic hydroxyl groups is 2. The highest BCUT2D eigenvalue weighted by Crippen LogP contribution is 2.66. The summed E-state index contributed by atoms with van der Waals surface area (Å²) in [5, 5.41) is 23.7. The summed E-state index contributed by atoms with van der Waals surface area (Å²) in [4.78, 5) is 50.4. The standard InChI is InChI=1S/C15H26N3O14P3S/c1-8(2)3-4-16-5-9-6-18(15(36)17-13(9)21)14-12(20)11(19)10(30-14)7-29-34(25,26)32-35(27,28)31-33(22,23)24/h6,10-12,14,16,19-20H,1,3-5,7H2,2H3,(H,25,26)(H,27,28)(H,17,21,36)(H2,22,23,24)/t10-,11-,12-,14-/m1/s1. The second-order valence-corrected chi connectivity index (χ2v) is 12.4. The monoisotopic (exact) mass is 597 g/mol. The van der Waals surface area contributed by atoms with Gasteiger partial charge in [0.15, 0.2) is 11.0 Å². The van der Waals surface area contributed by atoms with Crippen LogP contribution in [-0.2, 0) is 38.1 Å². The van der Waals surface area contributed by atoms with Crippen molar-refractivity contribution in [2.24, 2.45) is 0 Å².